The van der Waals surface area contributed by atoms with Gasteiger partial charge < -0.3 is 4.90 Å². The number of carbonyl (C=O) groups is 2. The molecule has 0 bridgehead atoms. The summed E-state index contributed by atoms with van der Waals surface area (Å²) in [7, 11) is 0. The Morgan fingerprint density at radius 1 is 1.24 bits per heavy atom. The van der Waals surface area contributed by atoms with Crippen LogP contribution in [0.1, 0.15) is 20.3 Å². The largest absolute Gasteiger partial charge is 0.332 e. The van der Waals surface area contributed by atoms with Gasteiger partial charge in [0.2, 0.25) is 0 Å². The Morgan fingerprint density at radius 2 is 1.88 bits per heavy atom. The molecule has 1 unspecified atom stereocenters. The normalized spacial score (nSPS) is 17.8. The second-order valence-corrected chi connectivity index (χ2v) is 4.23. The average molecular weight is 232 g/mol. The molecule has 0 radical (unpaired) electrons. The van der Waals surface area contributed by atoms with Crippen LogP contribution in [0.25, 0.3) is 0 Å². The molecule has 0 spiro atoms. The third kappa shape index (κ3) is 2.02. The number of anilines is 1. The fourth-order valence-corrected chi connectivity index (χ4v) is 1.92. The van der Waals surface area contributed by atoms with Gasteiger partial charge in [0.15, 0.2) is 0 Å². The van der Waals surface area contributed by atoms with E-state index in [2.05, 4.69) is 0 Å². The Bertz CT molecular complexity index is 430. The van der Waals surface area contributed by atoms with Crippen LogP contribution in [0.2, 0.25) is 0 Å². The zero-order chi connectivity index (χ0) is 12.4. The lowest BCUT2D eigenvalue weighted by Crippen LogP contribution is -2.37. The molecular weight excluding hydrogens is 216 g/mol. The number of para-hydroxylation sites is 1. The van der Waals surface area contributed by atoms with Gasteiger partial charge >= 0.3 is 6.03 Å². The van der Waals surface area contributed by atoms with Crippen LogP contribution in [0.3, 0.4) is 0 Å². The number of urea groups is 1. The van der Waals surface area contributed by atoms with Gasteiger partial charge in [0.25, 0.3) is 5.91 Å². The molecule has 4 nitrogen and oxygen atoms in total. The van der Waals surface area contributed by atoms with Crippen LogP contribution in [0, 0.1) is 0 Å². The molecule has 90 valence electrons. The van der Waals surface area contributed by atoms with E-state index in [9.17, 15) is 9.59 Å². The van der Waals surface area contributed by atoms with Crippen LogP contribution >= 0.6 is 0 Å². The summed E-state index contributed by atoms with van der Waals surface area (Å²) >= 11 is 0. The van der Waals surface area contributed by atoms with E-state index in [-0.39, 0.29) is 24.5 Å². The quantitative estimate of drug-likeness (QED) is 0.750. The number of carbonyl (C=O) groups excluding carboxylic acids is 2. The molecule has 1 aliphatic heterocycles. The van der Waals surface area contributed by atoms with Gasteiger partial charge in [-0.1, -0.05) is 25.1 Å². The summed E-state index contributed by atoms with van der Waals surface area (Å²) in [6.45, 7) is 4.15. The Kier molecular flexibility index (Phi) is 3.13. The second kappa shape index (κ2) is 4.57. The molecule has 1 saturated heterocycles. The lowest BCUT2D eigenvalue weighted by Gasteiger charge is -2.22. The SMILES string of the molecule is CCC(C)N1CC(=O)N(c2ccccc2)C1=O. The molecule has 0 aliphatic carbocycles. The molecule has 0 aromatic heterocycles. The molecule has 1 fully saturated rings. The predicted molar refractivity (Wildman–Crippen MR) is 65.8 cm³/mol. The molecule has 0 N–H and O–H groups in total. The van der Waals surface area contributed by atoms with Crippen molar-refractivity contribution in [2.45, 2.75) is 26.3 Å². The molecular formula is C13H16N2O2. The monoisotopic (exact) mass is 232 g/mol. The zero-order valence-electron chi connectivity index (χ0n) is 10.1. The van der Waals surface area contributed by atoms with Crippen molar-refractivity contribution in [2.24, 2.45) is 0 Å². The van der Waals surface area contributed by atoms with E-state index in [1.165, 1.54) is 4.90 Å². The highest BCUT2D eigenvalue weighted by molar-refractivity contribution is 6.19. The average Bonchev–Trinajstić information content (AvgIpc) is 2.65. The van der Waals surface area contributed by atoms with Crippen LogP contribution < -0.4 is 4.90 Å². The van der Waals surface area contributed by atoms with Crippen molar-refractivity contribution in [3.63, 3.8) is 0 Å². The number of imide groups is 1. The Hall–Kier alpha value is -1.84. The van der Waals surface area contributed by atoms with E-state index in [1.54, 1.807) is 17.0 Å². The first-order valence-electron chi connectivity index (χ1n) is 5.83. The summed E-state index contributed by atoms with van der Waals surface area (Å²) in [6, 6.07) is 8.94. The molecule has 1 heterocycles. The highest BCUT2D eigenvalue weighted by atomic mass is 16.2. The van der Waals surface area contributed by atoms with Crippen molar-refractivity contribution in [3.8, 4) is 0 Å². The number of amides is 3. The molecule has 1 aromatic rings. The minimum Gasteiger partial charge on any atom is -0.312 e. The molecule has 4 heteroatoms. The van der Waals surface area contributed by atoms with Crippen molar-refractivity contribution in [1.82, 2.24) is 4.90 Å². The maximum atomic E-state index is 12.1. The van der Waals surface area contributed by atoms with Gasteiger partial charge in [-0.25, -0.2) is 9.69 Å². The van der Waals surface area contributed by atoms with E-state index in [4.69, 9.17) is 0 Å². The smallest absolute Gasteiger partial charge is 0.312 e. The lowest BCUT2D eigenvalue weighted by molar-refractivity contribution is -0.116. The number of rotatable bonds is 3. The minimum atomic E-state index is -0.212. The van der Waals surface area contributed by atoms with Crippen LogP contribution in [0.4, 0.5) is 10.5 Å². The standard InChI is InChI=1S/C13H16N2O2/c1-3-10(2)14-9-12(16)15(13(14)17)11-7-5-4-6-8-11/h4-8,10H,3,9H2,1-2H3. The topological polar surface area (TPSA) is 40.6 Å². The van der Waals surface area contributed by atoms with Crippen LogP contribution in [0.15, 0.2) is 30.3 Å². The summed E-state index contributed by atoms with van der Waals surface area (Å²) in [5.41, 5.74) is 0.647. The van der Waals surface area contributed by atoms with Crippen LogP contribution in [0.5, 0.6) is 0 Å². The van der Waals surface area contributed by atoms with E-state index in [0.29, 0.717) is 5.69 Å². The first-order chi connectivity index (χ1) is 8.15. The fourth-order valence-electron chi connectivity index (χ4n) is 1.92. The molecule has 0 saturated carbocycles. The second-order valence-electron chi connectivity index (χ2n) is 4.23. The number of nitrogens with zero attached hydrogens (tertiary/aromatic N) is 2. The highest BCUT2D eigenvalue weighted by Gasteiger charge is 2.38. The number of benzene rings is 1. The van der Waals surface area contributed by atoms with Gasteiger partial charge in [0, 0.05) is 6.04 Å². The molecule has 1 aromatic carbocycles. The Morgan fingerprint density at radius 3 is 2.47 bits per heavy atom. The van der Waals surface area contributed by atoms with E-state index in [1.807, 2.05) is 32.0 Å². The van der Waals surface area contributed by atoms with E-state index in [0.717, 1.165) is 6.42 Å². The third-order valence-corrected chi connectivity index (χ3v) is 3.13. The lowest BCUT2D eigenvalue weighted by atomic mass is 10.2. The Balaban J connectivity index is 2.26. The molecule has 1 atom stereocenters. The van der Waals surface area contributed by atoms with Crippen molar-refractivity contribution >= 4 is 17.6 Å². The third-order valence-electron chi connectivity index (χ3n) is 3.13. The molecule has 3 amide bonds. The molecule has 1 aliphatic rings. The summed E-state index contributed by atoms with van der Waals surface area (Å²) in [5, 5.41) is 0. The summed E-state index contributed by atoms with van der Waals surface area (Å²) in [4.78, 5) is 26.9. The van der Waals surface area contributed by atoms with Crippen molar-refractivity contribution in [2.75, 3.05) is 11.4 Å². The zero-order valence-corrected chi connectivity index (χ0v) is 10.1. The van der Waals surface area contributed by atoms with Gasteiger partial charge in [-0.3, -0.25) is 4.79 Å². The van der Waals surface area contributed by atoms with Gasteiger partial charge in [-0.2, -0.15) is 0 Å². The minimum absolute atomic E-state index is 0.0974. The van der Waals surface area contributed by atoms with Crippen molar-refractivity contribution in [3.05, 3.63) is 30.3 Å². The van der Waals surface area contributed by atoms with E-state index >= 15 is 0 Å². The van der Waals surface area contributed by atoms with Gasteiger partial charge in [0.05, 0.1) is 5.69 Å². The predicted octanol–water partition coefficient (Wildman–Crippen LogP) is 2.25. The first-order valence-corrected chi connectivity index (χ1v) is 5.83. The highest BCUT2D eigenvalue weighted by Crippen LogP contribution is 2.22. The van der Waals surface area contributed by atoms with Crippen molar-refractivity contribution in [1.29, 1.82) is 0 Å². The maximum Gasteiger partial charge on any atom is 0.332 e. The molecule has 2 rings (SSSR count). The van der Waals surface area contributed by atoms with Crippen molar-refractivity contribution < 1.29 is 9.59 Å². The van der Waals surface area contributed by atoms with Crippen LogP contribution in [-0.2, 0) is 4.79 Å². The van der Waals surface area contributed by atoms with Gasteiger partial charge in [0.1, 0.15) is 6.54 Å². The number of hydrogen-bond acceptors (Lipinski definition) is 2. The summed E-state index contributed by atoms with van der Waals surface area (Å²) in [5.74, 6) is -0.151. The fraction of sp³-hybridized carbons (Fsp3) is 0.385. The van der Waals surface area contributed by atoms with Crippen LogP contribution in [-0.4, -0.2) is 29.4 Å². The summed E-state index contributed by atoms with van der Waals surface area (Å²) in [6.07, 6.45) is 0.849. The Labute approximate surface area is 101 Å². The first kappa shape index (κ1) is 11.6. The number of hydrogen-bond donors (Lipinski definition) is 0. The summed E-state index contributed by atoms with van der Waals surface area (Å²) < 4.78 is 0. The van der Waals surface area contributed by atoms with Gasteiger partial charge in [-0.05, 0) is 25.5 Å². The molecule has 17 heavy (non-hydrogen) atoms. The van der Waals surface area contributed by atoms with Gasteiger partial charge in [-0.15, -0.1) is 0 Å². The van der Waals surface area contributed by atoms with E-state index < -0.39 is 0 Å². The maximum absolute atomic E-state index is 12.1.